The predicted octanol–water partition coefficient (Wildman–Crippen LogP) is 3.37. The summed E-state index contributed by atoms with van der Waals surface area (Å²) in [5, 5.41) is 12.0. The molecule has 5 heterocycles. The molecule has 6 rings (SSSR count). The van der Waals surface area contributed by atoms with E-state index >= 15 is 4.39 Å². The third kappa shape index (κ3) is 4.96. The van der Waals surface area contributed by atoms with Crippen molar-refractivity contribution in [1.82, 2.24) is 29.3 Å². The van der Waals surface area contributed by atoms with Crippen LogP contribution < -0.4 is 10.1 Å². The van der Waals surface area contributed by atoms with E-state index in [2.05, 4.69) is 25.4 Å². The minimum Gasteiger partial charge on any atom is -0.487 e. The highest BCUT2D eigenvalue weighted by atomic mass is 35.5. The number of morpholine rings is 1. The minimum absolute atomic E-state index is 0.0519. The van der Waals surface area contributed by atoms with E-state index in [-0.39, 0.29) is 23.8 Å². The lowest BCUT2D eigenvalue weighted by Crippen LogP contribution is -2.42. The minimum atomic E-state index is -0.489. The lowest BCUT2D eigenvalue weighted by atomic mass is 10.1. The number of anilines is 1. The molecule has 10 nitrogen and oxygen atoms in total. The summed E-state index contributed by atoms with van der Waals surface area (Å²) in [5.41, 5.74) is 2.29. The van der Waals surface area contributed by atoms with Gasteiger partial charge in [0.2, 0.25) is 5.91 Å². The fourth-order valence-electron chi connectivity index (χ4n) is 4.87. The molecular formula is C26H27ClFN7O3. The van der Waals surface area contributed by atoms with Crippen molar-refractivity contribution in [2.75, 3.05) is 38.7 Å². The van der Waals surface area contributed by atoms with Gasteiger partial charge in [-0.2, -0.15) is 5.10 Å². The standard InChI is InChI=1S/C26H27ClFN7O3/c1-33-5-6-37-17(12-33)14-38-23-11-30-34(2)25(23)20-7-16-8-24(32-35(16)13-21(20)28)31-26(36)19-9-18(19)22-4-3-15(27)10-29-22/h3-4,7-8,10-11,13,17-19H,5-6,9,12,14H2,1-2H3,(H,31,32,36)/t17-,18-,19+/m1/s1. The lowest BCUT2D eigenvalue weighted by Gasteiger charge is -2.29. The van der Waals surface area contributed by atoms with E-state index in [1.54, 1.807) is 42.3 Å². The number of likely N-dealkylation sites (N-methyl/N-ethyl adjacent to an activating group) is 1. The zero-order valence-electron chi connectivity index (χ0n) is 21.0. The second kappa shape index (κ2) is 9.97. The second-order valence-electron chi connectivity index (χ2n) is 9.82. The molecule has 1 aliphatic heterocycles. The normalized spacial score (nSPS) is 21.5. The van der Waals surface area contributed by atoms with Crippen LogP contribution in [0.5, 0.6) is 5.75 Å². The smallest absolute Gasteiger partial charge is 0.229 e. The Morgan fingerprint density at radius 3 is 2.95 bits per heavy atom. The Balaban J connectivity index is 1.18. The Morgan fingerprint density at radius 1 is 1.29 bits per heavy atom. The molecule has 198 valence electrons. The number of carbonyl (C=O) groups is 1. The topological polar surface area (TPSA) is 98.8 Å². The molecule has 0 spiro atoms. The van der Waals surface area contributed by atoms with Gasteiger partial charge in [-0.25, -0.2) is 8.91 Å². The number of pyridine rings is 2. The summed E-state index contributed by atoms with van der Waals surface area (Å²) < 4.78 is 30.0. The van der Waals surface area contributed by atoms with Crippen LogP contribution in [0, 0.1) is 11.7 Å². The van der Waals surface area contributed by atoms with Crippen molar-refractivity contribution in [3.63, 3.8) is 0 Å². The van der Waals surface area contributed by atoms with Crippen LogP contribution in [0.4, 0.5) is 10.2 Å². The van der Waals surface area contributed by atoms with Crippen molar-refractivity contribution >= 4 is 28.8 Å². The molecule has 0 radical (unpaired) electrons. The molecule has 0 unspecified atom stereocenters. The van der Waals surface area contributed by atoms with Gasteiger partial charge in [0, 0.05) is 55.5 Å². The predicted molar refractivity (Wildman–Crippen MR) is 139 cm³/mol. The van der Waals surface area contributed by atoms with Crippen LogP contribution in [0.2, 0.25) is 5.02 Å². The molecule has 1 amide bonds. The van der Waals surface area contributed by atoms with Gasteiger partial charge in [0.05, 0.1) is 29.5 Å². The van der Waals surface area contributed by atoms with Crippen LogP contribution in [0.3, 0.4) is 0 Å². The molecular weight excluding hydrogens is 513 g/mol. The number of amides is 1. The Labute approximate surface area is 223 Å². The molecule has 1 saturated heterocycles. The maximum atomic E-state index is 15.3. The highest BCUT2D eigenvalue weighted by molar-refractivity contribution is 6.30. The van der Waals surface area contributed by atoms with E-state index in [0.717, 1.165) is 18.8 Å². The lowest BCUT2D eigenvalue weighted by molar-refractivity contribution is -0.117. The van der Waals surface area contributed by atoms with E-state index in [0.29, 0.717) is 53.0 Å². The third-order valence-electron chi connectivity index (χ3n) is 6.99. The second-order valence-corrected chi connectivity index (χ2v) is 10.3. The largest absolute Gasteiger partial charge is 0.487 e. The molecule has 1 saturated carbocycles. The highest BCUT2D eigenvalue weighted by Crippen LogP contribution is 2.47. The summed E-state index contributed by atoms with van der Waals surface area (Å²) in [6, 6.07) is 6.99. The van der Waals surface area contributed by atoms with E-state index < -0.39 is 5.82 Å². The van der Waals surface area contributed by atoms with E-state index in [1.807, 2.05) is 13.1 Å². The van der Waals surface area contributed by atoms with Crippen molar-refractivity contribution in [3.8, 4) is 17.0 Å². The number of carbonyl (C=O) groups excluding carboxylic acids is 1. The molecule has 0 bridgehead atoms. The van der Waals surface area contributed by atoms with Crippen LogP contribution >= 0.6 is 11.6 Å². The Kier molecular flexibility index (Phi) is 6.50. The van der Waals surface area contributed by atoms with Crippen LogP contribution in [0.1, 0.15) is 18.0 Å². The maximum Gasteiger partial charge on any atom is 0.229 e. The number of aryl methyl sites for hydroxylation is 1. The van der Waals surface area contributed by atoms with Gasteiger partial charge in [0.1, 0.15) is 18.4 Å². The SMILES string of the molecule is CN1CCO[C@@H](COc2cnn(C)c2-c2cc3cc(NC(=O)[C@H]4C[C@H]4c4ccc(Cl)cn4)nn3cc2F)C1. The molecule has 2 fully saturated rings. The Bertz CT molecular complexity index is 1490. The first-order valence-electron chi connectivity index (χ1n) is 12.4. The van der Waals surface area contributed by atoms with Crippen LogP contribution in [0.15, 0.2) is 42.9 Å². The van der Waals surface area contributed by atoms with E-state index in [1.165, 1.54) is 10.7 Å². The number of hydrogen-bond donors (Lipinski definition) is 1. The van der Waals surface area contributed by atoms with Crippen molar-refractivity contribution in [3.05, 3.63) is 59.4 Å². The van der Waals surface area contributed by atoms with Gasteiger partial charge in [-0.15, -0.1) is 5.10 Å². The molecule has 4 aromatic heterocycles. The van der Waals surface area contributed by atoms with Crippen molar-refractivity contribution < 1.29 is 18.7 Å². The molecule has 1 N–H and O–H groups in total. The van der Waals surface area contributed by atoms with Gasteiger partial charge >= 0.3 is 0 Å². The number of fused-ring (bicyclic) bond motifs is 1. The van der Waals surface area contributed by atoms with Crippen LogP contribution in [-0.4, -0.2) is 74.6 Å². The summed E-state index contributed by atoms with van der Waals surface area (Å²) in [7, 11) is 3.78. The molecule has 38 heavy (non-hydrogen) atoms. The number of aromatic nitrogens is 5. The Hall–Kier alpha value is -3.54. The molecule has 1 aliphatic carbocycles. The van der Waals surface area contributed by atoms with Gasteiger partial charge < -0.3 is 19.7 Å². The molecule has 4 aromatic rings. The number of rotatable bonds is 7. The number of nitrogens with zero attached hydrogens (tertiary/aromatic N) is 6. The van der Waals surface area contributed by atoms with Crippen molar-refractivity contribution in [1.29, 1.82) is 0 Å². The quantitative estimate of drug-likeness (QED) is 0.384. The fraction of sp³-hybridized carbons (Fsp3) is 0.385. The highest BCUT2D eigenvalue weighted by Gasteiger charge is 2.45. The summed E-state index contributed by atoms with van der Waals surface area (Å²) in [6.45, 7) is 2.63. The number of nitrogens with one attached hydrogen (secondary N) is 1. The summed E-state index contributed by atoms with van der Waals surface area (Å²) >= 11 is 5.91. The van der Waals surface area contributed by atoms with Gasteiger partial charge in [-0.3, -0.25) is 14.5 Å². The zero-order valence-corrected chi connectivity index (χ0v) is 21.7. The third-order valence-corrected chi connectivity index (χ3v) is 7.21. The molecule has 0 aromatic carbocycles. The molecule has 12 heteroatoms. The van der Waals surface area contributed by atoms with Gasteiger partial charge in [-0.05, 0) is 31.7 Å². The maximum absolute atomic E-state index is 15.3. The zero-order chi connectivity index (χ0) is 26.4. The summed E-state index contributed by atoms with van der Waals surface area (Å²) in [5.74, 6) is 0.0433. The first-order valence-corrected chi connectivity index (χ1v) is 12.8. The van der Waals surface area contributed by atoms with Gasteiger partial charge in [0.15, 0.2) is 17.4 Å². The molecule has 3 atom stereocenters. The van der Waals surface area contributed by atoms with Gasteiger partial charge in [-0.1, -0.05) is 11.6 Å². The average molecular weight is 540 g/mol. The first kappa shape index (κ1) is 24.8. The van der Waals surface area contributed by atoms with E-state index in [4.69, 9.17) is 21.1 Å². The van der Waals surface area contributed by atoms with Crippen molar-refractivity contribution in [2.45, 2.75) is 18.4 Å². The summed E-state index contributed by atoms with van der Waals surface area (Å²) in [4.78, 5) is 19.3. The van der Waals surface area contributed by atoms with Crippen LogP contribution in [-0.2, 0) is 16.6 Å². The monoisotopic (exact) mass is 539 g/mol. The number of ether oxygens (including phenoxy) is 2. The fourth-order valence-corrected chi connectivity index (χ4v) is 4.99. The summed E-state index contributed by atoms with van der Waals surface area (Å²) in [6.07, 6.45) is 5.08. The first-order chi connectivity index (χ1) is 18.4. The average Bonchev–Trinajstić information content (AvgIpc) is 3.48. The van der Waals surface area contributed by atoms with Gasteiger partial charge in [0.25, 0.3) is 0 Å². The number of halogens is 2. The molecule has 2 aliphatic rings. The van der Waals surface area contributed by atoms with Crippen molar-refractivity contribution in [2.24, 2.45) is 13.0 Å². The van der Waals surface area contributed by atoms with E-state index in [9.17, 15) is 4.79 Å². The Morgan fingerprint density at radius 2 is 2.16 bits per heavy atom. The number of hydrogen-bond acceptors (Lipinski definition) is 7. The van der Waals surface area contributed by atoms with Crippen LogP contribution in [0.25, 0.3) is 16.8 Å².